The fourth-order valence-electron chi connectivity index (χ4n) is 2.21. The third-order valence-electron chi connectivity index (χ3n) is 3.49. The molecular weight excluding hydrogens is 283 g/mol. The smallest absolute Gasteiger partial charge is 0.241 e. The Morgan fingerprint density at radius 3 is 2.50 bits per heavy atom. The molecule has 5 nitrogen and oxygen atoms in total. The molecule has 110 valence electrons. The summed E-state index contributed by atoms with van der Waals surface area (Å²) < 4.78 is 37.5. The summed E-state index contributed by atoms with van der Waals surface area (Å²) in [7, 11) is -3.81. The van der Waals surface area contributed by atoms with Crippen LogP contribution in [0, 0.1) is 5.82 Å². The second-order valence-electron chi connectivity index (χ2n) is 4.97. The molecule has 0 aliphatic carbocycles. The number of amides is 1. The van der Waals surface area contributed by atoms with Gasteiger partial charge in [-0.1, -0.05) is 0 Å². The van der Waals surface area contributed by atoms with Gasteiger partial charge < -0.3 is 10.6 Å². The van der Waals surface area contributed by atoms with E-state index in [0.29, 0.717) is 19.5 Å². The normalized spacial score (nSPS) is 20.9. The van der Waals surface area contributed by atoms with Crippen molar-refractivity contribution in [2.75, 3.05) is 13.1 Å². The third-order valence-corrected chi connectivity index (χ3v) is 5.55. The van der Waals surface area contributed by atoms with E-state index in [4.69, 9.17) is 5.73 Å². The Balaban J connectivity index is 2.20. The van der Waals surface area contributed by atoms with E-state index >= 15 is 0 Å². The maximum atomic E-state index is 12.8. The number of sulfone groups is 1. The van der Waals surface area contributed by atoms with E-state index in [0.717, 1.165) is 12.1 Å². The molecule has 1 amide bonds. The van der Waals surface area contributed by atoms with E-state index in [1.807, 2.05) is 0 Å². The van der Waals surface area contributed by atoms with Crippen molar-refractivity contribution < 1.29 is 17.6 Å². The molecule has 1 aromatic carbocycles. The maximum absolute atomic E-state index is 12.8. The molecule has 0 radical (unpaired) electrons. The van der Waals surface area contributed by atoms with Crippen molar-refractivity contribution in [1.82, 2.24) is 4.90 Å². The molecule has 20 heavy (non-hydrogen) atoms. The molecule has 1 fully saturated rings. The molecule has 0 unspecified atom stereocenters. The van der Waals surface area contributed by atoms with E-state index in [1.165, 1.54) is 24.0 Å². The fourth-order valence-corrected chi connectivity index (χ4v) is 3.54. The van der Waals surface area contributed by atoms with Crippen LogP contribution in [0.2, 0.25) is 0 Å². The van der Waals surface area contributed by atoms with Crippen LogP contribution in [0.4, 0.5) is 4.39 Å². The lowest BCUT2D eigenvalue weighted by Crippen LogP contribution is -2.41. The lowest BCUT2D eigenvalue weighted by molar-refractivity contribution is -0.129. The maximum Gasteiger partial charge on any atom is 0.241 e. The van der Waals surface area contributed by atoms with Gasteiger partial charge in [0.2, 0.25) is 5.91 Å². The molecule has 0 saturated carbocycles. The third kappa shape index (κ3) is 2.83. The molecule has 0 aromatic heterocycles. The van der Waals surface area contributed by atoms with Crippen molar-refractivity contribution in [2.24, 2.45) is 5.73 Å². The Labute approximate surface area is 117 Å². The van der Waals surface area contributed by atoms with Crippen LogP contribution in [0.5, 0.6) is 0 Å². The zero-order valence-electron chi connectivity index (χ0n) is 11.1. The highest BCUT2D eigenvalue weighted by Gasteiger charge is 2.35. The van der Waals surface area contributed by atoms with Crippen LogP contribution in [0.3, 0.4) is 0 Å². The molecule has 1 aromatic rings. The van der Waals surface area contributed by atoms with Gasteiger partial charge in [-0.15, -0.1) is 0 Å². The van der Waals surface area contributed by atoms with Crippen LogP contribution >= 0.6 is 0 Å². The summed E-state index contributed by atoms with van der Waals surface area (Å²) in [6, 6.07) is 4.37. The average molecular weight is 300 g/mol. The quantitative estimate of drug-likeness (QED) is 0.827. The monoisotopic (exact) mass is 300 g/mol. The summed E-state index contributed by atoms with van der Waals surface area (Å²) in [4.78, 5) is 13.6. The molecule has 2 rings (SSSR count). The number of hydrogen-bond acceptors (Lipinski definition) is 4. The van der Waals surface area contributed by atoms with Gasteiger partial charge >= 0.3 is 0 Å². The van der Waals surface area contributed by atoms with Crippen molar-refractivity contribution in [1.29, 1.82) is 0 Å². The number of carbonyl (C=O) groups excluding carboxylic acids is 1. The highest BCUT2D eigenvalue weighted by Crippen LogP contribution is 2.20. The zero-order chi connectivity index (χ0) is 14.9. The van der Waals surface area contributed by atoms with Gasteiger partial charge in [-0.05, 0) is 37.6 Å². The zero-order valence-corrected chi connectivity index (χ0v) is 11.9. The number of halogens is 1. The standard InChI is InChI=1S/C13H17FN2O3S/c1-9(13(17)16-7-6-11(15)8-16)20(18,19)12-4-2-10(14)3-5-12/h2-5,9,11H,6-8,15H2,1H3/t9-,11+/m1/s1. The van der Waals surface area contributed by atoms with Gasteiger partial charge in [0.1, 0.15) is 11.1 Å². The largest absolute Gasteiger partial charge is 0.340 e. The molecule has 0 spiro atoms. The van der Waals surface area contributed by atoms with Gasteiger partial charge in [0.15, 0.2) is 9.84 Å². The Bertz CT molecular complexity index is 601. The number of likely N-dealkylation sites (tertiary alicyclic amines) is 1. The lowest BCUT2D eigenvalue weighted by atomic mass is 10.3. The fraction of sp³-hybridized carbons (Fsp3) is 0.462. The summed E-state index contributed by atoms with van der Waals surface area (Å²) in [5.41, 5.74) is 5.71. The van der Waals surface area contributed by atoms with Crippen LogP contribution in [-0.4, -0.2) is 43.6 Å². The SMILES string of the molecule is C[C@H](C(=O)N1CC[C@H](N)C1)S(=O)(=O)c1ccc(F)cc1. The van der Waals surface area contributed by atoms with Crippen LogP contribution in [0.1, 0.15) is 13.3 Å². The van der Waals surface area contributed by atoms with Gasteiger partial charge in [0, 0.05) is 19.1 Å². The topological polar surface area (TPSA) is 80.5 Å². The molecule has 0 bridgehead atoms. The van der Waals surface area contributed by atoms with Crippen molar-refractivity contribution >= 4 is 15.7 Å². The first kappa shape index (κ1) is 14.9. The van der Waals surface area contributed by atoms with Gasteiger partial charge in [-0.2, -0.15) is 0 Å². The molecule has 7 heteroatoms. The number of carbonyl (C=O) groups is 1. The van der Waals surface area contributed by atoms with Crippen LogP contribution < -0.4 is 5.73 Å². The summed E-state index contributed by atoms with van der Waals surface area (Å²) in [6.07, 6.45) is 0.676. The lowest BCUT2D eigenvalue weighted by Gasteiger charge is -2.20. The van der Waals surface area contributed by atoms with Crippen molar-refractivity contribution in [3.8, 4) is 0 Å². The van der Waals surface area contributed by atoms with Gasteiger partial charge in [0.25, 0.3) is 0 Å². The summed E-state index contributed by atoms with van der Waals surface area (Å²) in [5.74, 6) is -0.976. The molecule has 1 aliphatic heterocycles. The van der Waals surface area contributed by atoms with E-state index < -0.39 is 26.8 Å². The van der Waals surface area contributed by atoms with Gasteiger partial charge in [0.05, 0.1) is 4.90 Å². The predicted octanol–water partition coefficient (Wildman–Crippen LogP) is 0.547. The minimum atomic E-state index is -3.81. The Morgan fingerprint density at radius 2 is 2.00 bits per heavy atom. The van der Waals surface area contributed by atoms with E-state index in [2.05, 4.69) is 0 Å². The molecule has 2 N–H and O–H groups in total. The Hall–Kier alpha value is -1.47. The molecule has 1 saturated heterocycles. The van der Waals surface area contributed by atoms with Crippen LogP contribution in [0.15, 0.2) is 29.2 Å². The Kier molecular flexibility index (Phi) is 4.10. The minimum absolute atomic E-state index is 0.0526. The molecular formula is C13H17FN2O3S. The number of benzene rings is 1. The van der Waals surface area contributed by atoms with Crippen molar-refractivity contribution in [3.05, 3.63) is 30.1 Å². The number of hydrogen-bond donors (Lipinski definition) is 1. The summed E-state index contributed by atoms with van der Waals surface area (Å²) in [5, 5.41) is -1.20. The number of nitrogens with two attached hydrogens (primary N) is 1. The number of nitrogens with zero attached hydrogens (tertiary/aromatic N) is 1. The Morgan fingerprint density at radius 1 is 1.40 bits per heavy atom. The first-order valence-electron chi connectivity index (χ1n) is 6.36. The first-order valence-corrected chi connectivity index (χ1v) is 7.91. The van der Waals surface area contributed by atoms with Gasteiger partial charge in [-0.25, -0.2) is 12.8 Å². The van der Waals surface area contributed by atoms with E-state index in [-0.39, 0.29) is 10.9 Å². The van der Waals surface area contributed by atoms with Crippen molar-refractivity contribution in [2.45, 2.75) is 29.5 Å². The number of rotatable bonds is 3. The van der Waals surface area contributed by atoms with E-state index in [9.17, 15) is 17.6 Å². The van der Waals surface area contributed by atoms with Crippen molar-refractivity contribution in [3.63, 3.8) is 0 Å². The summed E-state index contributed by atoms with van der Waals surface area (Å²) >= 11 is 0. The predicted molar refractivity (Wildman–Crippen MR) is 72.2 cm³/mol. The highest BCUT2D eigenvalue weighted by atomic mass is 32.2. The van der Waals surface area contributed by atoms with Gasteiger partial charge in [-0.3, -0.25) is 4.79 Å². The first-order chi connectivity index (χ1) is 9.32. The molecule has 1 heterocycles. The van der Waals surface area contributed by atoms with E-state index in [1.54, 1.807) is 0 Å². The summed E-state index contributed by atoms with van der Waals surface area (Å²) in [6.45, 7) is 2.20. The van der Waals surface area contributed by atoms with Crippen LogP contribution in [-0.2, 0) is 14.6 Å². The van der Waals surface area contributed by atoms with Crippen LogP contribution in [0.25, 0.3) is 0 Å². The highest BCUT2D eigenvalue weighted by molar-refractivity contribution is 7.92. The molecule has 2 atom stereocenters. The average Bonchev–Trinajstić information content (AvgIpc) is 2.84. The second-order valence-corrected chi connectivity index (χ2v) is 7.24. The molecule has 1 aliphatic rings. The minimum Gasteiger partial charge on any atom is -0.340 e. The second kappa shape index (κ2) is 5.49.